The fraction of sp³-hybridized carbons (Fsp3) is 0.700. The van der Waals surface area contributed by atoms with E-state index in [0.717, 1.165) is 42.6 Å². The second-order valence-corrected chi connectivity index (χ2v) is 5.90. The summed E-state index contributed by atoms with van der Waals surface area (Å²) in [6.07, 6.45) is 3.32. The zero-order valence-corrected chi connectivity index (χ0v) is 16.2. The van der Waals surface area contributed by atoms with Crippen molar-refractivity contribution in [2.45, 2.75) is 59.7 Å². The topological polar surface area (TPSA) is 57.2 Å². The van der Waals surface area contributed by atoms with Crippen LogP contribution in [0.3, 0.4) is 0 Å². The quantitative estimate of drug-likeness (QED) is 0.400. The lowest BCUT2D eigenvalue weighted by Crippen LogP contribution is -2.19. The molecule has 0 aromatic heterocycles. The monoisotopic (exact) mass is 354 g/mol. The van der Waals surface area contributed by atoms with E-state index in [1.54, 1.807) is 12.1 Å². The van der Waals surface area contributed by atoms with Crippen molar-refractivity contribution in [3.05, 3.63) is 23.3 Å². The van der Waals surface area contributed by atoms with Gasteiger partial charge in [-0.15, -0.1) is 0 Å². The number of phenolic OH excluding ortho intramolecular Hbond substituents is 1. The normalized spacial score (nSPS) is 11.2. The Kier molecular flexibility index (Phi) is 11.3. The molecule has 1 aromatic rings. The smallest absolute Gasteiger partial charge is 0.159 e. The average Bonchev–Trinajstić information content (AvgIpc) is 2.58. The van der Waals surface area contributed by atoms with E-state index in [1.807, 2.05) is 20.8 Å². The predicted molar refractivity (Wildman–Crippen MR) is 99.4 cm³/mol. The summed E-state index contributed by atoms with van der Waals surface area (Å²) in [6, 6.07) is 3.52. The number of phenols is 1. The summed E-state index contributed by atoms with van der Waals surface area (Å²) >= 11 is 0. The number of aryl methyl sites for hydroxylation is 2. The van der Waals surface area contributed by atoms with Crippen molar-refractivity contribution in [1.29, 1.82) is 0 Å². The lowest BCUT2D eigenvalue weighted by atomic mass is 10.1. The highest BCUT2D eigenvalue weighted by Gasteiger charge is 2.09. The lowest BCUT2D eigenvalue weighted by molar-refractivity contribution is -0.146. The van der Waals surface area contributed by atoms with E-state index in [1.165, 1.54) is 0 Å². The van der Waals surface area contributed by atoms with Gasteiger partial charge in [0.1, 0.15) is 11.5 Å². The Morgan fingerprint density at radius 2 is 1.64 bits per heavy atom. The number of rotatable bonds is 14. The first kappa shape index (κ1) is 21.7. The van der Waals surface area contributed by atoms with E-state index in [-0.39, 0.29) is 6.29 Å². The molecule has 1 aromatic carbocycles. The third-order valence-electron chi connectivity index (χ3n) is 3.85. The summed E-state index contributed by atoms with van der Waals surface area (Å²) in [5, 5.41) is 9.66. The van der Waals surface area contributed by atoms with Gasteiger partial charge in [0.05, 0.1) is 13.2 Å². The number of aromatic hydroxyl groups is 1. The minimum absolute atomic E-state index is 0.164. The number of unbranched alkanes of at least 4 members (excludes halogenated alkanes) is 1. The summed E-state index contributed by atoms with van der Waals surface area (Å²) in [5.41, 5.74) is 2.03. The van der Waals surface area contributed by atoms with E-state index >= 15 is 0 Å². The van der Waals surface area contributed by atoms with Gasteiger partial charge >= 0.3 is 0 Å². The van der Waals surface area contributed by atoms with Gasteiger partial charge in [-0.2, -0.15) is 0 Å². The SMILES string of the molecule is CCOC(CCOCCCCOc1c(C)cc(O)cc1CC)OCC. The maximum Gasteiger partial charge on any atom is 0.159 e. The Morgan fingerprint density at radius 1 is 0.960 bits per heavy atom. The van der Waals surface area contributed by atoms with Crippen molar-refractivity contribution in [3.8, 4) is 11.5 Å². The molecule has 0 spiro atoms. The molecule has 0 fully saturated rings. The van der Waals surface area contributed by atoms with Crippen LogP contribution in [-0.4, -0.2) is 44.4 Å². The molecular weight excluding hydrogens is 320 g/mol. The average molecular weight is 354 g/mol. The minimum Gasteiger partial charge on any atom is -0.508 e. The van der Waals surface area contributed by atoms with Crippen LogP contribution in [0.4, 0.5) is 0 Å². The van der Waals surface area contributed by atoms with Gasteiger partial charge in [-0.3, -0.25) is 0 Å². The number of ether oxygens (including phenoxy) is 4. The van der Waals surface area contributed by atoms with Crippen molar-refractivity contribution in [3.63, 3.8) is 0 Å². The van der Waals surface area contributed by atoms with Gasteiger partial charge in [0.25, 0.3) is 0 Å². The third kappa shape index (κ3) is 8.56. The Morgan fingerprint density at radius 3 is 2.28 bits per heavy atom. The van der Waals surface area contributed by atoms with Gasteiger partial charge in [0.2, 0.25) is 0 Å². The van der Waals surface area contributed by atoms with Crippen LogP contribution in [0.2, 0.25) is 0 Å². The number of hydrogen-bond acceptors (Lipinski definition) is 5. The van der Waals surface area contributed by atoms with Crippen LogP contribution < -0.4 is 4.74 Å². The molecule has 0 aliphatic rings. The van der Waals surface area contributed by atoms with Crippen molar-refractivity contribution in [2.24, 2.45) is 0 Å². The summed E-state index contributed by atoms with van der Waals surface area (Å²) in [7, 11) is 0. The standard InChI is InChI=1S/C20H34O5/c1-5-17-15-18(21)14-16(4)20(17)25-12-9-8-11-22-13-10-19(23-6-2)24-7-3/h14-15,19,21H,5-13H2,1-4H3. The molecule has 5 nitrogen and oxygen atoms in total. The Balaban J connectivity index is 2.17. The fourth-order valence-electron chi connectivity index (χ4n) is 2.64. The maximum atomic E-state index is 9.66. The molecule has 5 heteroatoms. The molecule has 0 saturated heterocycles. The van der Waals surface area contributed by atoms with Crippen LogP contribution in [0, 0.1) is 6.92 Å². The van der Waals surface area contributed by atoms with Crippen LogP contribution in [0.5, 0.6) is 11.5 Å². The lowest BCUT2D eigenvalue weighted by Gasteiger charge is -2.16. The van der Waals surface area contributed by atoms with Gasteiger partial charge in [-0.05, 0) is 63.3 Å². The van der Waals surface area contributed by atoms with Crippen LogP contribution in [0.15, 0.2) is 12.1 Å². The van der Waals surface area contributed by atoms with Gasteiger partial charge in [0, 0.05) is 26.2 Å². The molecule has 0 atom stereocenters. The Hall–Kier alpha value is -1.30. The van der Waals surface area contributed by atoms with E-state index < -0.39 is 0 Å². The first-order valence-electron chi connectivity index (χ1n) is 9.38. The number of benzene rings is 1. The molecule has 0 amide bonds. The molecule has 1 rings (SSSR count). The van der Waals surface area contributed by atoms with Crippen molar-refractivity contribution >= 4 is 0 Å². The van der Waals surface area contributed by atoms with Gasteiger partial charge in [-0.1, -0.05) is 6.92 Å². The molecule has 0 bridgehead atoms. The largest absolute Gasteiger partial charge is 0.508 e. The van der Waals surface area contributed by atoms with E-state index in [2.05, 4.69) is 6.92 Å². The fourth-order valence-corrected chi connectivity index (χ4v) is 2.64. The summed E-state index contributed by atoms with van der Waals surface area (Å²) in [6.45, 7) is 11.3. The van der Waals surface area contributed by atoms with Crippen molar-refractivity contribution < 1.29 is 24.1 Å². The summed E-state index contributed by atoms with van der Waals surface area (Å²) in [4.78, 5) is 0. The maximum absolute atomic E-state index is 9.66. The zero-order chi connectivity index (χ0) is 18.5. The van der Waals surface area contributed by atoms with Gasteiger partial charge in [0.15, 0.2) is 6.29 Å². The minimum atomic E-state index is -0.164. The molecule has 0 aliphatic heterocycles. The van der Waals surface area contributed by atoms with Gasteiger partial charge in [-0.25, -0.2) is 0 Å². The molecule has 144 valence electrons. The molecule has 0 unspecified atom stereocenters. The van der Waals surface area contributed by atoms with Crippen LogP contribution in [0.1, 0.15) is 51.2 Å². The number of hydrogen-bond donors (Lipinski definition) is 1. The summed E-state index contributed by atoms with van der Waals surface area (Å²) < 4.78 is 22.5. The highest BCUT2D eigenvalue weighted by atomic mass is 16.7. The van der Waals surface area contributed by atoms with E-state index in [4.69, 9.17) is 18.9 Å². The summed E-state index contributed by atoms with van der Waals surface area (Å²) in [5.74, 6) is 1.20. The highest BCUT2D eigenvalue weighted by molar-refractivity contribution is 5.46. The third-order valence-corrected chi connectivity index (χ3v) is 3.85. The first-order chi connectivity index (χ1) is 12.1. The molecular formula is C20H34O5. The first-order valence-corrected chi connectivity index (χ1v) is 9.38. The molecule has 0 saturated carbocycles. The molecule has 0 heterocycles. The highest BCUT2D eigenvalue weighted by Crippen LogP contribution is 2.29. The van der Waals surface area contributed by atoms with Gasteiger partial charge < -0.3 is 24.1 Å². The van der Waals surface area contributed by atoms with Crippen LogP contribution >= 0.6 is 0 Å². The van der Waals surface area contributed by atoms with Crippen molar-refractivity contribution in [1.82, 2.24) is 0 Å². The second-order valence-electron chi connectivity index (χ2n) is 5.90. The van der Waals surface area contributed by atoms with Crippen molar-refractivity contribution in [2.75, 3.05) is 33.0 Å². The molecule has 25 heavy (non-hydrogen) atoms. The Labute approximate surface area is 152 Å². The Bertz CT molecular complexity index is 469. The van der Waals surface area contributed by atoms with Crippen LogP contribution in [0.25, 0.3) is 0 Å². The van der Waals surface area contributed by atoms with Crippen LogP contribution in [-0.2, 0) is 20.6 Å². The molecule has 0 aliphatic carbocycles. The second kappa shape index (κ2) is 13.0. The predicted octanol–water partition coefficient (Wildman–Crippen LogP) is 4.23. The molecule has 0 radical (unpaired) electrons. The zero-order valence-electron chi connectivity index (χ0n) is 16.2. The van der Waals surface area contributed by atoms with E-state index in [9.17, 15) is 5.11 Å². The van der Waals surface area contributed by atoms with E-state index in [0.29, 0.717) is 38.8 Å². The molecule has 1 N–H and O–H groups in total.